The van der Waals surface area contributed by atoms with Crippen LogP contribution in [0.2, 0.25) is 0 Å². The lowest BCUT2D eigenvalue weighted by Gasteiger charge is -2.30. The third-order valence-electron chi connectivity index (χ3n) is 5.89. The molecule has 166 valence electrons. The number of aryl methyl sites for hydroxylation is 2. The minimum Gasteiger partial charge on any atom is -0.391 e. The third-order valence-corrected chi connectivity index (χ3v) is 5.89. The predicted octanol–water partition coefficient (Wildman–Crippen LogP) is 2.61. The van der Waals surface area contributed by atoms with Crippen molar-refractivity contribution >= 4 is 11.7 Å². The van der Waals surface area contributed by atoms with Crippen LogP contribution in [-0.4, -0.2) is 52.1 Å². The lowest BCUT2D eigenvalue weighted by Crippen LogP contribution is -2.49. The molecule has 1 amide bonds. The maximum absolute atomic E-state index is 13.6. The number of para-hydroxylation sites is 1. The van der Waals surface area contributed by atoms with Gasteiger partial charge in [0.2, 0.25) is 5.91 Å². The van der Waals surface area contributed by atoms with E-state index in [0.29, 0.717) is 24.6 Å². The molecule has 0 saturated carbocycles. The molecular weight excluding hydrogens is 396 g/mol. The van der Waals surface area contributed by atoms with E-state index in [4.69, 9.17) is 14.4 Å². The molecule has 4 rings (SSSR count). The van der Waals surface area contributed by atoms with E-state index in [0.717, 1.165) is 29.8 Å². The maximum Gasteiger partial charge on any atom is 0.234 e. The topological polar surface area (TPSA) is 100 Å². The standard InChI is InChI=1S/C23H30N4O4/c1-14(2)21(20-11-15(3)25-31-20)23(29)27-13-17(28)12-18(27)22-24-10-6-8-16-7-4-5-9-19(16)30-26-22/h4-5,7,9,11,14,17-18,21,28H,6,8,10,12-13H2,1-3H3,(H,24,26)/t17-,18+,21?/m1/s1. The SMILES string of the molecule is Cc1cc(C(C(=O)N2C[C@H](O)C[C@H]2C2=NCCCc3ccccc3ON2)C(C)C)on1. The molecule has 8 nitrogen and oxygen atoms in total. The van der Waals surface area contributed by atoms with Crippen molar-refractivity contribution in [3.63, 3.8) is 0 Å². The van der Waals surface area contributed by atoms with Crippen molar-refractivity contribution in [2.24, 2.45) is 10.9 Å². The number of nitrogens with one attached hydrogen (secondary N) is 1. The molecule has 0 aliphatic carbocycles. The van der Waals surface area contributed by atoms with E-state index in [-0.39, 0.29) is 18.4 Å². The molecular formula is C23H30N4O4. The van der Waals surface area contributed by atoms with Gasteiger partial charge in [0.05, 0.1) is 17.8 Å². The number of aromatic nitrogens is 1. The predicted molar refractivity (Wildman–Crippen MR) is 116 cm³/mol. The lowest BCUT2D eigenvalue weighted by molar-refractivity contribution is -0.134. The Balaban J connectivity index is 1.59. The number of hydrogen-bond donors (Lipinski definition) is 2. The highest BCUT2D eigenvalue weighted by Gasteiger charge is 2.42. The Labute approximate surface area is 182 Å². The van der Waals surface area contributed by atoms with Gasteiger partial charge in [0.1, 0.15) is 11.7 Å². The van der Waals surface area contributed by atoms with Crippen LogP contribution in [0, 0.1) is 12.8 Å². The number of fused-ring (bicyclic) bond motifs is 1. The van der Waals surface area contributed by atoms with Gasteiger partial charge < -0.3 is 19.4 Å². The van der Waals surface area contributed by atoms with Crippen LogP contribution in [0.3, 0.4) is 0 Å². The van der Waals surface area contributed by atoms with Gasteiger partial charge in [0.15, 0.2) is 11.6 Å². The fourth-order valence-electron chi connectivity index (χ4n) is 4.35. The molecule has 1 fully saturated rings. The first-order valence-electron chi connectivity index (χ1n) is 10.9. The van der Waals surface area contributed by atoms with Gasteiger partial charge >= 0.3 is 0 Å². The summed E-state index contributed by atoms with van der Waals surface area (Å²) < 4.78 is 5.44. The van der Waals surface area contributed by atoms with Gasteiger partial charge in [-0.05, 0) is 37.3 Å². The summed E-state index contributed by atoms with van der Waals surface area (Å²) in [5.74, 6) is 1.30. The minimum absolute atomic E-state index is 0.0109. The van der Waals surface area contributed by atoms with Gasteiger partial charge in [-0.25, -0.2) is 5.48 Å². The number of benzene rings is 1. The molecule has 1 unspecified atom stereocenters. The summed E-state index contributed by atoms with van der Waals surface area (Å²) in [6, 6.07) is 9.30. The molecule has 0 radical (unpaired) electrons. The molecule has 1 aromatic carbocycles. The average molecular weight is 427 g/mol. The summed E-state index contributed by atoms with van der Waals surface area (Å²) >= 11 is 0. The van der Waals surface area contributed by atoms with Crippen LogP contribution in [0.15, 0.2) is 39.8 Å². The van der Waals surface area contributed by atoms with Crippen LogP contribution >= 0.6 is 0 Å². The number of amidine groups is 1. The summed E-state index contributed by atoms with van der Waals surface area (Å²) in [4.78, 5) is 25.9. The summed E-state index contributed by atoms with van der Waals surface area (Å²) in [7, 11) is 0. The number of carbonyl (C=O) groups excluding carboxylic acids is 1. The molecule has 2 aliphatic rings. The van der Waals surface area contributed by atoms with E-state index in [1.807, 2.05) is 45.0 Å². The summed E-state index contributed by atoms with van der Waals surface area (Å²) in [6.07, 6.45) is 1.52. The minimum atomic E-state index is -0.623. The summed E-state index contributed by atoms with van der Waals surface area (Å²) in [5, 5.41) is 14.4. The first-order chi connectivity index (χ1) is 14.9. The van der Waals surface area contributed by atoms with Crippen LogP contribution in [0.5, 0.6) is 5.75 Å². The number of likely N-dealkylation sites (tertiary alicyclic amines) is 1. The second-order valence-corrected chi connectivity index (χ2v) is 8.67. The molecule has 1 saturated heterocycles. The normalized spacial score (nSPS) is 22.5. The Hall–Kier alpha value is -2.87. The van der Waals surface area contributed by atoms with Gasteiger partial charge in [0, 0.05) is 25.6 Å². The first kappa shape index (κ1) is 21.4. The van der Waals surface area contributed by atoms with Gasteiger partial charge in [-0.2, -0.15) is 0 Å². The van der Waals surface area contributed by atoms with E-state index in [1.165, 1.54) is 0 Å². The highest BCUT2D eigenvalue weighted by molar-refractivity contribution is 5.93. The van der Waals surface area contributed by atoms with E-state index in [2.05, 4.69) is 10.6 Å². The van der Waals surface area contributed by atoms with E-state index >= 15 is 0 Å². The molecule has 2 N–H and O–H groups in total. The molecule has 1 aromatic heterocycles. The van der Waals surface area contributed by atoms with E-state index < -0.39 is 18.1 Å². The second kappa shape index (κ2) is 9.09. The number of hydroxylamine groups is 1. The van der Waals surface area contributed by atoms with Crippen molar-refractivity contribution in [2.75, 3.05) is 13.1 Å². The zero-order valence-electron chi connectivity index (χ0n) is 18.2. The Morgan fingerprint density at radius 2 is 2.13 bits per heavy atom. The van der Waals surface area contributed by atoms with Crippen LogP contribution in [0.4, 0.5) is 0 Å². The number of amides is 1. The van der Waals surface area contributed by atoms with Crippen LogP contribution in [-0.2, 0) is 11.2 Å². The quantitative estimate of drug-likeness (QED) is 0.780. The van der Waals surface area contributed by atoms with Crippen LogP contribution in [0.25, 0.3) is 0 Å². The van der Waals surface area contributed by atoms with Crippen molar-refractivity contribution in [2.45, 2.75) is 58.1 Å². The van der Waals surface area contributed by atoms with Crippen molar-refractivity contribution < 1.29 is 19.3 Å². The average Bonchev–Trinajstić information content (AvgIpc) is 3.35. The van der Waals surface area contributed by atoms with Crippen molar-refractivity contribution in [1.82, 2.24) is 15.5 Å². The molecule has 2 aromatic rings. The number of β-amino-alcohol motifs (C(OH)–C–C–N with tert-alkyl or cyclic N) is 1. The van der Waals surface area contributed by atoms with Gasteiger partial charge in [-0.1, -0.05) is 37.2 Å². The number of hydrogen-bond acceptors (Lipinski definition) is 7. The number of nitrogens with zero attached hydrogens (tertiary/aromatic N) is 3. The Bertz CT molecular complexity index is 955. The third kappa shape index (κ3) is 4.58. The van der Waals surface area contributed by atoms with Gasteiger partial charge in [-0.15, -0.1) is 0 Å². The van der Waals surface area contributed by atoms with E-state index in [1.54, 1.807) is 11.0 Å². The molecule has 3 atom stereocenters. The zero-order valence-corrected chi connectivity index (χ0v) is 18.2. The van der Waals surface area contributed by atoms with Crippen molar-refractivity contribution in [1.29, 1.82) is 0 Å². The lowest BCUT2D eigenvalue weighted by atomic mass is 9.91. The molecule has 0 spiro atoms. The number of aliphatic hydroxyl groups is 1. The molecule has 31 heavy (non-hydrogen) atoms. The van der Waals surface area contributed by atoms with Gasteiger partial charge in [-0.3, -0.25) is 9.79 Å². The number of aliphatic hydroxyl groups excluding tert-OH is 1. The number of rotatable bonds is 4. The van der Waals surface area contributed by atoms with E-state index in [9.17, 15) is 9.90 Å². The van der Waals surface area contributed by atoms with Crippen LogP contribution < -0.4 is 10.3 Å². The smallest absolute Gasteiger partial charge is 0.234 e. The number of aliphatic imine (C=N–C) groups is 1. The molecule has 8 heteroatoms. The fourth-order valence-corrected chi connectivity index (χ4v) is 4.35. The van der Waals surface area contributed by atoms with Crippen molar-refractivity contribution in [3.05, 3.63) is 47.3 Å². The first-order valence-corrected chi connectivity index (χ1v) is 10.9. The number of carbonyl (C=O) groups is 1. The molecule has 3 heterocycles. The highest BCUT2D eigenvalue weighted by Crippen LogP contribution is 2.31. The Morgan fingerprint density at radius 1 is 1.32 bits per heavy atom. The molecule has 2 aliphatic heterocycles. The van der Waals surface area contributed by atoms with Gasteiger partial charge in [0.25, 0.3) is 0 Å². The highest BCUT2D eigenvalue weighted by atomic mass is 16.6. The largest absolute Gasteiger partial charge is 0.391 e. The monoisotopic (exact) mass is 426 g/mol. The molecule has 0 bridgehead atoms. The summed E-state index contributed by atoms with van der Waals surface area (Å²) in [5.41, 5.74) is 4.84. The zero-order chi connectivity index (χ0) is 22.0. The fraction of sp³-hybridized carbons (Fsp3) is 0.522. The Morgan fingerprint density at radius 3 is 2.87 bits per heavy atom. The van der Waals surface area contributed by atoms with Crippen LogP contribution in [0.1, 0.15) is 49.6 Å². The maximum atomic E-state index is 13.6. The summed E-state index contributed by atoms with van der Waals surface area (Å²) in [6.45, 7) is 6.67. The Kier molecular flexibility index (Phi) is 6.27. The van der Waals surface area contributed by atoms with Crippen molar-refractivity contribution in [3.8, 4) is 5.75 Å². The second-order valence-electron chi connectivity index (χ2n) is 8.67.